The first-order chi connectivity index (χ1) is 8.56. The summed E-state index contributed by atoms with van der Waals surface area (Å²) in [6, 6.07) is 10.2. The molecule has 3 heteroatoms. The van der Waals surface area contributed by atoms with Gasteiger partial charge in [0.1, 0.15) is 11.6 Å². The normalized spacial score (nSPS) is 10.4. The third-order valence-corrected chi connectivity index (χ3v) is 2.87. The number of nitrogens with one attached hydrogen (secondary N) is 1. The predicted octanol–water partition coefficient (Wildman–Crippen LogP) is 3.76. The summed E-state index contributed by atoms with van der Waals surface area (Å²) in [5, 5.41) is 12.8. The summed E-state index contributed by atoms with van der Waals surface area (Å²) in [5.41, 5.74) is 3.52. The fourth-order valence-electron chi connectivity index (χ4n) is 1.95. The van der Waals surface area contributed by atoms with E-state index in [1.54, 1.807) is 6.07 Å². The van der Waals surface area contributed by atoms with Crippen LogP contribution in [-0.4, -0.2) is 5.11 Å². The summed E-state index contributed by atoms with van der Waals surface area (Å²) in [6.45, 7) is 4.34. The minimum absolute atomic E-state index is 0.252. The first kappa shape index (κ1) is 12.4. The molecule has 0 aromatic heterocycles. The maximum atomic E-state index is 13.0. The highest BCUT2D eigenvalue weighted by Crippen LogP contribution is 2.23. The molecule has 0 unspecified atom stereocenters. The molecule has 0 fully saturated rings. The number of aryl methyl sites for hydroxylation is 2. The van der Waals surface area contributed by atoms with Crippen molar-refractivity contribution >= 4 is 5.69 Å². The summed E-state index contributed by atoms with van der Waals surface area (Å²) >= 11 is 0. The predicted molar refractivity (Wildman–Crippen MR) is 71.3 cm³/mol. The van der Waals surface area contributed by atoms with Crippen LogP contribution in [-0.2, 0) is 6.54 Å². The molecule has 2 aromatic carbocycles. The van der Waals surface area contributed by atoms with E-state index in [0.717, 1.165) is 22.4 Å². The first-order valence-corrected chi connectivity index (χ1v) is 5.85. The highest BCUT2D eigenvalue weighted by atomic mass is 19.1. The van der Waals surface area contributed by atoms with Crippen LogP contribution in [0.1, 0.15) is 16.7 Å². The van der Waals surface area contributed by atoms with Crippen molar-refractivity contribution in [3.63, 3.8) is 0 Å². The standard InChI is InChI=1S/C15H16FNO/c1-10-6-12(7-11(2)15(10)18)9-17-14-5-3-4-13(16)8-14/h3-8,17-18H,9H2,1-2H3. The molecule has 0 aliphatic heterocycles. The molecule has 0 heterocycles. The molecule has 94 valence electrons. The number of benzene rings is 2. The molecule has 0 atom stereocenters. The Morgan fingerprint density at radius 1 is 1.11 bits per heavy atom. The van der Waals surface area contributed by atoms with Gasteiger partial charge in [0.15, 0.2) is 0 Å². The number of rotatable bonds is 3. The van der Waals surface area contributed by atoms with Crippen LogP contribution in [0.15, 0.2) is 36.4 Å². The molecule has 2 nitrogen and oxygen atoms in total. The number of hydrogen-bond donors (Lipinski definition) is 2. The molecule has 0 saturated carbocycles. The van der Waals surface area contributed by atoms with E-state index in [0.29, 0.717) is 12.3 Å². The van der Waals surface area contributed by atoms with Gasteiger partial charge in [0.05, 0.1) is 0 Å². The highest BCUT2D eigenvalue weighted by molar-refractivity contribution is 5.46. The van der Waals surface area contributed by atoms with Crippen LogP contribution in [0, 0.1) is 19.7 Å². The van der Waals surface area contributed by atoms with Gasteiger partial charge in [-0.05, 0) is 48.7 Å². The van der Waals surface area contributed by atoms with E-state index in [2.05, 4.69) is 5.32 Å². The number of phenols is 1. The van der Waals surface area contributed by atoms with E-state index < -0.39 is 0 Å². The quantitative estimate of drug-likeness (QED) is 0.863. The largest absolute Gasteiger partial charge is 0.507 e. The van der Waals surface area contributed by atoms with E-state index in [9.17, 15) is 9.50 Å². The van der Waals surface area contributed by atoms with Crippen LogP contribution in [0.5, 0.6) is 5.75 Å². The number of aromatic hydroxyl groups is 1. The van der Waals surface area contributed by atoms with Crippen molar-refractivity contribution in [2.45, 2.75) is 20.4 Å². The number of hydrogen-bond acceptors (Lipinski definition) is 2. The van der Waals surface area contributed by atoms with Crippen LogP contribution >= 0.6 is 0 Å². The molecular formula is C15H16FNO. The monoisotopic (exact) mass is 245 g/mol. The third-order valence-electron chi connectivity index (χ3n) is 2.87. The van der Waals surface area contributed by atoms with Crippen molar-refractivity contribution in [1.82, 2.24) is 0 Å². The SMILES string of the molecule is Cc1cc(CNc2cccc(F)c2)cc(C)c1O. The Morgan fingerprint density at radius 3 is 2.39 bits per heavy atom. The summed E-state index contributed by atoms with van der Waals surface area (Å²) in [6.07, 6.45) is 0. The van der Waals surface area contributed by atoms with Crippen LogP contribution in [0.3, 0.4) is 0 Å². The zero-order chi connectivity index (χ0) is 13.1. The van der Waals surface area contributed by atoms with Crippen molar-refractivity contribution in [3.05, 3.63) is 58.9 Å². The van der Waals surface area contributed by atoms with Gasteiger partial charge in [0.2, 0.25) is 0 Å². The van der Waals surface area contributed by atoms with E-state index in [1.807, 2.05) is 32.0 Å². The lowest BCUT2D eigenvalue weighted by Crippen LogP contribution is -2.00. The minimum atomic E-state index is -0.252. The highest BCUT2D eigenvalue weighted by Gasteiger charge is 2.03. The summed E-state index contributed by atoms with van der Waals surface area (Å²) < 4.78 is 13.0. The second kappa shape index (κ2) is 5.08. The van der Waals surface area contributed by atoms with Crippen LogP contribution in [0.2, 0.25) is 0 Å². The second-order valence-electron chi connectivity index (χ2n) is 4.44. The Balaban J connectivity index is 2.11. The summed E-state index contributed by atoms with van der Waals surface area (Å²) in [5.74, 6) is 0.0857. The fraction of sp³-hybridized carbons (Fsp3) is 0.200. The molecule has 0 saturated heterocycles. The van der Waals surface area contributed by atoms with Crippen LogP contribution in [0.4, 0.5) is 10.1 Å². The lowest BCUT2D eigenvalue weighted by Gasteiger charge is -2.10. The molecular weight excluding hydrogens is 229 g/mol. The molecule has 2 N–H and O–H groups in total. The zero-order valence-electron chi connectivity index (χ0n) is 10.5. The van der Waals surface area contributed by atoms with Gasteiger partial charge in [-0.2, -0.15) is 0 Å². The zero-order valence-corrected chi connectivity index (χ0v) is 10.5. The third kappa shape index (κ3) is 2.80. The van der Waals surface area contributed by atoms with E-state index in [1.165, 1.54) is 12.1 Å². The smallest absolute Gasteiger partial charge is 0.125 e. The van der Waals surface area contributed by atoms with Crippen molar-refractivity contribution in [3.8, 4) is 5.75 Å². The Labute approximate surface area is 106 Å². The molecule has 0 aliphatic rings. The van der Waals surface area contributed by atoms with Crippen molar-refractivity contribution in [2.24, 2.45) is 0 Å². The van der Waals surface area contributed by atoms with Crippen LogP contribution in [0.25, 0.3) is 0 Å². The fourth-order valence-corrected chi connectivity index (χ4v) is 1.95. The van der Waals surface area contributed by atoms with Gasteiger partial charge in [0.25, 0.3) is 0 Å². The Bertz CT molecular complexity index is 543. The first-order valence-electron chi connectivity index (χ1n) is 5.85. The van der Waals surface area contributed by atoms with Gasteiger partial charge >= 0.3 is 0 Å². The number of phenolic OH excluding ortho intramolecular Hbond substituents is 1. The number of halogens is 1. The van der Waals surface area contributed by atoms with Gasteiger partial charge in [-0.3, -0.25) is 0 Å². The Kier molecular flexibility index (Phi) is 3.51. The van der Waals surface area contributed by atoms with E-state index in [-0.39, 0.29) is 5.82 Å². The minimum Gasteiger partial charge on any atom is -0.507 e. The Hall–Kier alpha value is -2.03. The van der Waals surface area contributed by atoms with Crippen molar-refractivity contribution in [2.75, 3.05) is 5.32 Å². The van der Waals surface area contributed by atoms with E-state index >= 15 is 0 Å². The molecule has 0 spiro atoms. The van der Waals surface area contributed by atoms with Gasteiger partial charge in [-0.15, -0.1) is 0 Å². The van der Waals surface area contributed by atoms with Gasteiger partial charge in [-0.25, -0.2) is 4.39 Å². The second-order valence-corrected chi connectivity index (χ2v) is 4.44. The molecule has 0 aliphatic carbocycles. The molecule has 0 amide bonds. The van der Waals surface area contributed by atoms with Gasteiger partial charge in [0, 0.05) is 12.2 Å². The number of anilines is 1. The maximum Gasteiger partial charge on any atom is 0.125 e. The molecule has 0 bridgehead atoms. The van der Waals surface area contributed by atoms with Crippen molar-refractivity contribution in [1.29, 1.82) is 0 Å². The maximum absolute atomic E-state index is 13.0. The van der Waals surface area contributed by atoms with Gasteiger partial charge < -0.3 is 10.4 Å². The van der Waals surface area contributed by atoms with Crippen LogP contribution < -0.4 is 5.32 Å². The summed E-state index contributed by atoms with van der Waals surface area (Å²) in [7, 11) is 0. The molecule has 0 radical (unpaired) electrons. The van der Waals surface area contributed by atoms with Crippen molar-refractivity contribution < 1.29 is 9.50 Å². The average Bonchev–Trinajstić information content (AvgIpc) is 2.33. The topological polar surface area (TPSA) is 32.3 Å². The Morgan fingerprint density at radius 2 is 1.78 bits per heavy atom. The van der Waals surface area contributed by atoms with E-state index in [4.69, 9.17) is 0 Å². The molecule has 2 rings (SSSR count). The summed E-state index contributed by atoms with van der Waals surface area (Å²) in [4.78, 5) is 0. The lowest BCUT2D eigenvalue weighted by molar-refractivity contribution is 0.466. The molecule has 18 heavy (non-hydrogen) atoms. The molecule has 2 aromatic rings. The average molecular weight is 245 g/mol. The lowest BCUT2D eigenvalue weighted by atomic mass is 10.1. The van der Waals surface area contributed by atoms with Gasteiger partial charge in [-0.1, -0.05) is 18.2 Å².